The molecule has 6 heteroatoms. The Bertz CT molecular complexity index is 558. The lowest BCUT2D eigenvalue weighted by molar-refractivity contribution is -0.0232. The predicted octanol–water partition coefficient (Wildman–Crippen LogP) is 6.77. The number of hydrogen-bond donors (Lipinski definition) is 0. The van der Waals surface area contributed by atoms with Crippen LogP contribution in [0.5, 0.6) is 0 Å². The average molecular weight is 569 g/mol. The van der Waals surface area contributed by atoms with Crippen LogP contribution in [-0.2, 0) is 9.47 Å². The van der Waals surface area contributed by atoms with Gasteiger partial charge >= 0.3 is 0 Å². The van der Waals surface area contributed by atoms with Crippen LogP contribution in [0.3, 0.4) is 0 Å². The molecule has 0 amide bonds. The van der Waals surface area contributed by atoms with E-state index in [1.165, 1.54) is 117 Å². The second kappa shape index (κ2) is 22.3. The summed E-state index contributed by atoms with van der Waals surface area (Å²) in [6, 6.07) is 1.50. The van der Waals surface area contributed by atoms with Gasteiger partial charge in [0.25, 0.3) is 0 Å². The van der Waals surface area contributed by atoms with Crippen molar-refractivity contribution in [2.45, 2.75) is 156 Å². The highest BCUT2D eigenvalue weighted by Crippen LogP contribution is 2.21. The first-order valence-corrected chi connectivity index (χ1v) is 17.1. The minimum absolute atomic E-state index is 0.392. The van der Waals surface area contributed by atoms with Gasteiger partial charge in [-0.05, 0) is 121 Å². The quantitative estimate of drug-likeness (QED) is 0.351. The molecule has 0 radical (unpaired) electrons. The average Bonchev–Trinajstić information content (AvgIpc) is 2.92. The summed E-state index contributed by atoms with van der Waals surface area (Å²) in [6.07, 6.45) is 15.3. The summed E-state index contributed by atoms with van der Waals surface area (Å²) in [6.45, 7) is 27.6. The van der Waals surface area contributed by atoms with Gasteiger partial charge in [0.2, 0.25) is 0 Å². The molecule has 3 saturated heterocycles. The number of rotatable bonds is 6. The van der Waals surface area contributed by atoms with Gasteiger partial charge in [0.15, 0.2) is 0 Å². The fourth-order valence-corrected chi connectivity index (χ4v) is 5.87. The van der Waals surface area contributed by atoms with Gasteiger partial charge in [-0.1, -0.05) is 25.7 Å². The number of piperidine rings is 2. The van der Waals surface area contributed by atoms with Crippen molar-refractivity contribution in [1.82, 2.24) is 19.6 Å². The maximum absolute atomic E-state index is 5.71. The first-order chi connectivity index (χ1) is 19.0. The lowest BCUT2D eigenvalue weighted by Crippen LogP contribution is -2.47. The van der Waals surface area contributed by atoms with Crippen molar-refractivity contribution in [2.24, 2.45) is 0 Å². The molecule has 1 saturated carbocycles. The van der Waals surface area contributed by atoms with Crippen LogP contribution >= 0.6 is 0 Å². The van der Waals surface area contributed by atoms with E-state index in [0.29, 0.717) is 24.4 Å². The Morgan fingerprint density at radius 2 is 0.800 bits per heavy atom. The molecule has 0 spiro atoms. The van der Waals surface area contributed by atoms with Gasteiger partial charge in [0, 0.05) is 51.4 Å². The van der Waals surface area contributed by atoms with E-state index in [2.05, 4.69) is 89.1 Å². The topological polar surface area (TPSA) is 31.4 Å². The Hall–Kier alpha value is -0.240. The molecule has 0 aromatic carbocycles. The van der Waals surface area contributed by atoms with E-state index in [9.17, 15) is 0 Å². The van der Waals surface area contributed by atoms with Gasteiger partial charge in [-0.3, -0.25) is 4.90 Å². The number of nitrogens with zero attached hydrogens (tertiary/aromatic N) is 4. The van der Waals surface area contributed by atoms with Crippen LogP contribution in [0.4, 0.5) is 0 Å². The molecule has 4 fully saturated rings. The molecule has 3 heterocycles. The Balaban J connectivity index is 0.000000267. The molecule has 6 nitrogen and oxygen atoms in total. The molecule has 3 aliphatic heterocycles. The Morgan fingerprint density at radius 1 is 0.425 bits per heavy atom. The predicted molar refractivity (Wildman–Crippen MR) is 175 cm³/mol. The van der Waals surface area contributed by atoms with Gasteiger partial charge < -0.3 is 24.2 Å². The van der Waals surface area contributed by atoms with E-state index in [0.717, 1.165) is 12.1 Å². The van der Waals surface area contributed by atoms with Crippen LogP contribution in [0.25, 0.3) is 0 Å². The summed E-state index contributed by atoms with van der Waals surface area (Å²) in [5, 5.41) is 0. The van der Waals surface area contributed by atoms with Crippen molar-refractivity contribution in [3.05, 3.63) is 0 Å². The molecule has 0 bridgehead atoms. The zero-order chi connectivity index (χ0) is 29.9. The van der Waals surface area contributed by atoms with Crippen molar-refractivity contribution >= 4 is 0 Å². The van der Waals surface area contributed by atoms with Crippen molar-refractivity contribution in [3.63, 3.8) is 0 Å². The summed E-state index contributed by atoms with van der Waals surface area (Å²) >= 11 is 0. The van der Waals surface area contributed by atoms with Crippen LogP contribution < -0.4 is 0 Å². The van der Waals surface area contributed by atoms with Crippen LogP contribution in [0.1, 0.15) is 120 Å². The summed E-state index contributed by atoms with van der Waals surface area (Å²) in [4.78, 5) is 9.84. The van der Waals surface area contributed by atoms with E-state index in [4.69, 9.17) is 9.47 Å². The van der Waals surface area contributed by atoms with Crippen LogP contribution in [0.2, 0.25) is 0 Å². The minimum Gasteiger partial charge on any atom is -0.376 e. The van der Waals surface area contributed by atoms with Crippen molar-refractivity contribution < 1.29 is 9.47 Å². The van der Waals surface area contributed by atoms with Crippen LogP contribution in [-0.4, -0.2) is 123 Å². The van der Waals surface area contributed by atoms with Gasteiger partial charge in [0.05, 0.1) is 24.4 Å². The van der Waals surface area contributed by atoms with E-state index in [1.54, 1.807) is 0 Å². The third kappa shape index (κ3) is 19.0. The standard InChI is InChI=1S/C9H19NO.C9H18O.C8H18N2.C8H17N/c1-8(2)11-9-4-6-10(3)7-5-9;1-8(2)10-9-6-4-3-5-7-9;1-8(2)10-6-4-9(3)5-7-10;1-8(2)9-6-4-3-5-7-9/h8-9H,4-7H2,1-3H3;8-9H,3-7H2,1-2H3;8H,4-7H2,1-3H3;8H,3-7H2,1-2H3. The highest BCUT2D eigenvalue weighted by atomic mass is 16.5. The number of ether oxygens (including phenoxy) is 2. The van der Waals surface area contributed by atoms with Gasteiger partial charge in [0.1, 0.15) is 0 Å². The minimum atomic E-state index is 0.392. The second-order valence-corrected chi connectivity index (χ2v) is 13.8. The highest BCUT2D eigenvalue weighted by Gasteiger charge is 2.18. The van der Waals surface area contributed by atoms with Crippen LogP contribution in [0.15, 0.2) is 0 Å². The van der Waals surface area contributed by atoms with Gasteiger partial charge in [-0.25, -0.2) is 0 Å². The molecular weight excluding hydrogens is 496 g/mol. The van der Waals surface area contributed by atoms with Gasteiger partial charge in [-0.2, -0.15) is 0 Å². The zero-order valence-electron chi connectivity index (χ0n) is 28.8. The molecule has 1 aliphatic carbocycles. The summed E-state index contributed by atoms with van der Waals surface area (Å²) in [7, 11) is 4.36. The Morgan fingerprint density at radius 3 is 1.20 bits per heavy atom. The molecule has 240 valence electrons. The van der Waals surface area contributed by atoms with Gasteiger partial charge in [-0.15, -0.1) is 0 Å². The van der Waals surface area contributed by atoms with E-state index in [1.807, 2.05) is 0 Å². The largest absolute Gasteiger partial charge is 0.376 e. The molecular formula is C34H72N4O2. The molecule has 4 rings (SSSR count). The maximum Gasteiger partial charge on any atom is 0.0603 e. The first kappa shape index (κ1) is 37.8. The molecule has 0 N–H and O–H groups in total. The molecule has 0 atom stereocenters. The summed E-state index contributed by atoms with van der Waals surface area (Å²) < 4.78 is 11.4. The highest BCUT2D eigenvalue weighted by molar-refractivity contribution is 4.72. The zero-order valence-corrected chi connectivity index (χ0v) is 28.8. The smallest absolute Gasteiger partial charge is 0.0603 e. The monoisotopic (exact) mass is 569 g/mol. The van der Waals surface area contributed by atoms with Crippen molar-refractivity contribution in [1.29, 1.82) is 0 Å². The number of piperazine rings is 1. The summed E-state index contributed by atoms with van der Waals surface area (Å²) in [5.41, 5.74) is 0. The molecule has 0 aromatic heterocycles. The first-order valence-electron chi connectivity index (χ1n) is 17.1. The fourth-order valence-electron chi connectivity index (χ4n) is 5.87. The number of hydrogen-bond acceptors (Lipinski definition) is 6. The van der Waals surface area contributed by atoms with Crippen molar-refractivity contribution in [3.8, 4) is 0 Å². The normalized spacial score (nSPS) is 22.9. The maximum atomic E-state index is 5.71. The SMILES string of the molecule is CC(C)N1CCCCC1.CC(C)N1CCN(C)CC1.CC(C)OC1CCCCC1.CC(C)OC1CCN(C)CC1. The fraction of sp³-hybridized carbons (Fsp3) is 1.00. The van der Waals surface area contributed by atoms with E-state index in [-0.39, 0.29) is 0 Å². The molecule has 0 aromatic rings. The van der Waals surface area contributed by atoms with E-state index < -0.39 is 0 Å². The molecule has 4 aliphatic rings. The lowest BCUT2D eigenvalue weighted by Gasteiger charge is -2.34. The summed E-state index contributed by atoms with van der Waals surface area (Å²) in [5.74, 6) is 0. The number of likely N-dealkylation sites (N-methyl/N-ethyl adjacent to an activating group) is 1. The van der Waals surface area contributed by atoms with Crippen molar-refractivity contribution in [2.75, 3.05) is 66.5 Å². The van der Waals surface area contributed by atoms with Crippen LogP contribution in [0, 0.1) is 0 Å². The Labute approximate surface area is 251 Å². The third-order valence-electron chi connectivity index (χ3n) is 8.54. The lowest BCUT2D eigenvalue weighted by atomic mass is 9.98. The number of likely N-dealkylation sites (tertiary alicyclic amines) is 2. The third-order valence-corrected chi connectivity index (χ3v) is 8.54. The molecule has 0 unspecified atom stereocenters. The Kier molecular flexibility index (Phi) is 21.1. The van der Waals surface area contributed by atoms with E-state index >= 15 is 0 Å². The molecule has 40 heavy (non-hydrogen) atoms. The second-order valence-electron chi connectivity index (χ2n) is 13.8.